The average Bonchev–Trinajstić information content (AvgIpc) is 2.70. The number of hydrogen-bond donors (Lipinski definition) is 0. The van der Waals surface area contributed by atoms with Crippen molar-refractivity contribution in [2.75, 3.05) is 19.6 Å². The standard InChI is InChI=1S/C12H15N2/c1-2-9-14(10-8-13-11-14)12-6-4-3-5-7-12/h2-7,11H,1,8-10H2/q+1. The van der Waals surface area contributed by atoms with Crippen LogP contribution in [0.5, 0.6) is 0 Å². The largest absolute Gasteiger partial charge is 0.244 e. The van der Waals surface area contributed by atoms with Crippen LogP contribution in [0.15, 0.2) is 48.0 Å². The molecule has 72 valence electrons. The first-order valence-electron chi connectivity index (χ1n) is 4.92. The zero-order valence-corrected chi connectivity index (χ0v) is 8.26. The van der Waals surface area contributed by atoms with E-state index in [4.69, 9.17) is 0 Å². The van der Waals surface area contributed by atoms with Gasteiger partial charge in [-0.2, -0.15) is 0 Å². The van der Waals surface area contributed by atoms with Crippen LogP contribution in [-0.4, -0.2) is 26.0 Å². The maximum atomic E-state index is 4.33. The highest BCUT2D eigenvalue weighted by Gasteiger charge is 2.30. The first kappa shape index (κ1) is 9.16. The highest BCUT2D eigenvalue weighted by Crippen LogP contribution is 2.23. The summed E-state index contributed by atoms with van der Waals surface area (Å²) in [5.41, 5.74) is 1.30. The van der Waals surface area contributed by atoms with Gasteiger partial charge in [0.1, 0.15) is 18.8 Å². The van der Waals surface area contributed by atoms with Crippen LogP contribution in [0.4, 0.5) is 5.69 Å². The van der Waals surface area contributed by atoms with Crippen LogP contribution in [0.1, 0.15) is 0 Å². The SMILES string of the molecule is C=CC[N+]1(c2ccccc2)C=NCC1. The Morgan fingerprint density at radius 1 is 1.36 bits per heavy atom. The van der Waals surface area contributed by atoms with Crippen molar-refractivity contribution in [2.45, 2.75) is 0 Å². The molecule has 2 nitrogen and oxygen atoms in total. The van der Waals surface area contributed by atoms with Gasteiger partial charge in [-0.3, -0.25) is 0 Å². The van der Waals surface area contributed by atoms with E-state index in [1.807, 2.05) is 18.5 Å². The molecule has 0 N–H and O–H groups in total. The third kappa shape index (κ3) is 1.49. The summed E-state index contributed by atoms with van der Waals surface area (Å²) in [4.78, 5) is 4.33. The van der Waals surface area contributed by atoms with Gasteiger partial charge in [-0.25, -0.2) is 9.48 Å². The van der Waals surface area contributed by atoms with E-state index < -0.39 is 0 Å². The molecule has 14 heavy (non-hydrogen) atoms. The van der Waals surface area contributed by atoms with E-state index in [0.717, 1.165) is 24.1 Å². The Morgan fingerprint density at radius 3 is 2.71 bits per heavy atom. The van der Waals surface area contributed by atoms with Gasteiger partial charge in [-0.15, -0.1) is 0 Å². The van der Waals surface area contributed by atoms with Crippen molar-refractivity contribution < 1.29 is 0 Å². The van der Waals surface area contributed by atoms with Crippen LogP contribution < -0.4 is 4.48 Å². The Morgan fingerprint density at radius 2 is 2.14 bits per heavy atom. The van der Waals surface area contributed by atoms with Gasteiger partial charge >= 0.3 is 0 Å². The van der Waals surface area contributed by atoms with E-state index >= 15 is 0 Å². The second-order valence-electron chi connectivity index (χ2n) is 3.59. The van der Waals surface area contributed by atoms with Crippen LogP contribution >= 0.6 is 0 Å². The van der Waals surface area contributed by atoms with Crippen molar-refractivity contribution in [1.29, 1.82) is 0 Å². The van der Waals surface area contributed by atoms with Crippen LogP contribution in [0, 0.1) is 0 Å². The molecule has 1 aromatic carbocycles. The molecular formula is C12H15N2+. The van der Waals surface area contributed by atoms with E-state index in [1.54, 1.807) is 0 Å². The number of aliphatic imine (C=N–C) groups is 1. The second kappa shape index (κ2) is 3.76. The molecule has 0 radical (unpaired) electrons. The van der Waals surface area contributed by atoms with Crippen LogP contribution in [0.2, 0.25) is 0 Å². The molecule has 0 aromatic heterocycles. The maximum absolute atomic E-state index is 4.33. The quantitative estimate of drug-likeness (QED) is 0.508. The predicted molar refractivity (Wildman–Crippen MR) is 61.5 cm³/mol. The molecule has 2 rings (SSSR count). The molecule has 0 bridgehead atoms. The van der Waals surface area contributed by atoms with Gasteiger partial charge in [0.25, 0.3) is 0 Å². The van der Waals surface area contributed by atoms with Crippen LogP contribution in [-0.2, 0) is 0 Å². The number of para-hydroxylation sites is 1. The number of rotatable bonds is 3. The Hall–Kier alpha value is -1.41. The van der Waals surface area contributed by atoms with E-state index in [-0.39, 0.29) is 0 Å². The lowest BCUT2D eigenvalue weighted by Gasteiger charge is -2.28. The minimum Gasteiger partial charge on any atom is -0.244 e. The Kier molecular flexibility index (Phi) is 2.46. The normalized spacial score (nSPS) is 25.1. The van der Waals surface area contributed by atoms with Crippen molar-refractivity contribution in [1.82, 2.24) is 4.48 Å². The van der Waals surface area contributed by atoms with E-state index in [9.17, 15) is 0 Å². The van der Waals surface area contributed by atoms with E-state index in [0.29, 0.717) is 0 Å². The first-order chi connectivity index (χ1) is 6.87. The maximum Gasteiger partial charge on any atom is 0.190 e. The summed E-state index contributed by atoms with van der Waals surface area (Å²) in [7, 11) is 0. The van der Waals surface area contributed by atoms with E-state index in [2.05, 4.69) is 35.8 Å². The molecular weight excluding hydrogens is 172 g/mol. The van der Waals surface area contributed by atoms with E-state index in [1.165, 1.54) is 5.69 Å². The lowest BCUT2D eigenvalue weighted by molar-refractivity contribution is 0.501. The summed E-state index contributed by atoms with van der Waals surface area (Å²) in [6, 6.07) is 10.5. The number of quaternary nitrogens is 1. The summed E-state index contributed by atoms with van der Waals surface area (Å²) in [6.45, 7) is 6.71. The van der Waals surface area contributed by atoms with Crippen molar-refractivity contribution >= 4 is 12.0 Å². The van der Waals surface area contributed by atoms with Crippen molar-refractivity contribution in [3.8, 4) is 0 Å². The topological polar surface area (TPSA) is 12.4 Å². The lowest BCUT2D eigenvalue weighted by Crippen LogP contribution is -2.46. The average molecular weight is 187 g/mol. The molecule has 1 heterocycles. The van der Waals surface area contributed by atoms with Gasteiger partial charge in [0.15, 0.2) is 6.34 Å². The smallest absolute Gasteiger partial charge is 0.190 e. The molecule has 1 atom stereocenters. The van der Waals surface area contributed by atoms with Gasteiger partial charge in [0, 0.05) is 0 Å². The monoisotopic (exact) mass is 187 g/mol. The minimum atomic E-state index is 0.824. The van der Waals surface area contributed by atoms with Crippen molar-refractivity contribution in [2.24, 2.45) is 4.99 Å². The Balaban J connectivity index is 2.36. The molecule has 0 saturated carbocycles. The molecule has 0 aliphatic carbocycles. The molecule has 1 aliphatic rings. The van der Waals surface area contributed by atoms with Crippen LogP contribution in [0.25, 0.3) is 0 Å². The molecule has 2 heteroatoms. The molecule has 1 unspecified atom stereocenters. The molecule has 0 spiro atoms. The molecule has 0 fully saturated rings. The highest BCUT2D eigenvalue weighted by atomic mass is 15.4. The molecule has 1 aliphatic heterocycles. The van der Waals surface area contributed by atoms with Gasteiger partial charge in [-0.1, -0.05) is 24.8 Å². The third-order valence-electron chi connectivity index (χ3n) is 2.66. The fourth-order valence-electron chi connectivity index (χ4n) is 1.90. The van der Waals surface area contributed by atoms with Gasteiger partial charge in [0.05, 0.1) is 6.54 Å². The Bertz CT molecular complexity index is 343. The zero-order chi connectivity index (χ0) is 9.86. The lowest BCUT2D eigenvalue weighted by atomic mass is 10.2. The summed E-state index contributed by atoms with van der Waals surface area (Å²) in [5.74, 6) is 0. The summed E-state index contributed by atoms with van der Waals surface area (Å²) in [5, 5.41) is 0. The van der Waals surface area contributed by atoms with Crippen LogP contribution in [0.3, 0.4) is 0 Å². The first-order valence-corrected chi connectivity index (χ1v) is 4.92. The van der Waals surface area contributed by atoms with Crippen molar-refractivity contribution in [3.63, 3.8) is 0 Å². The molecule has 1 aromatic rings. The number of hydrogen-bond acceptors (Lipinski definition) is 1. The minimum absolute atomic E-state index is 0.824. The highest BCUT2D eigenvalue weighted by molar-refractivity contribution is 5.75. The fourth-order valence-corrected chi connectivity index (χ4v) is 1.90. The predicted octanol–water partition coefficient (Wildman–Crippen LogP) is 2.22. The second-order valence-corrected chi connectivity index (χ2v) is 3.59. The zero-order valence-electron chi connectivity index (χ0n) is 8.26. The molecule has 0 amide bonds. The summed E-state index contributed by atoms with van der Waals surface area (Å²) < 4.78 is 0.824. The van der Waals surface area contributed by atoms with Gasteiger partial charge < -0.3 is 0 Å². The van der Waals surface area contributed by atoms with Gasteiger partial charge in [0.2, 0.25) is 0 Å². The van der Waals surface area contributed by atoms with Gasteiger partial charge in [-0.05, 0) is 18.2 Å². The third-order valence-corrected chi connectivity index (χ3v) is 2.66. The summed E-state index contributed by atoms with van der Waals surface area (Å²) >= 11 is 0. The summed E-state index contributed by atoms with van der Waals surface area (Å²) in [6.07, 6.45) is 4.00. The number of benzene rings is 1. The molecule has 0 saturated heterocycles. The Labute approximate surface area is 84.8 Å². The van der Waals surface area contributed by atoms with Crippen molar-refractivity contribution in [3.05, 3.63) is 43.0 Å². The fraction of sp³-hybridized carbons (Fsp3) is 0.250. The number of nitrogens with zero attached hydrogens (tertiary/aromatic N) is 2.